The van der Waals surface area contributed by atoms with Gasteiger partial charge in [0.1, 0.15) is 6.61 Å². The van der Waals surface area contributed by atoms with E-state index in [4.69, 9.17) is 14.6 Å². The van der Waals surface area contributed by atoms with Crippen molar-refractivity contribution in [1.82, 2.24) is 0 Å². The van der Waals surface area contributed by atoms with Gasteiger partial charge in [0.2, 0.25) is 0 Å². The molecule has 0 spiro atoms. The number of hydrazone groups is 1. The standard InChI is InChI=1S/C18H19IN2O5/c1-24-16-10-12(9-15(19)17(16)26-8-7-22)11-20-21-14-5-3-13(4-6-14)18(23)25-2/h3-6,9-11,21-22H,7-8H2,1-2H3/b20-11+. The van der Waals surface area contributed by atoms with Crippen molar-refractivity contribution in [3.63, 3.8) is 0 Å². The first kappa shape index (κ1) is 20.0. The molecule has 0 bridgehead atoms. The van der Waals surface area contributed by atoms with Crippen molar-refractivity contribution in [3.8, 4) is 11.5 Å². The number of ether oxygens (including phenoxy) is 3. The molecule has 2 aromatic rings. The van der Waals surface area contributed by atoms with E-state index in [1.165, 1.54) is 7.11 Å². The molecule has 0 amide bonds. The normalized spacial score (nSPS) is 10.6. The van der Waals surface area contributed by atoms with Crippen molar-refractivity contribution in [2.75, 3.05) is 32.9 Å². The number of benzene rings is 2. The zero-order valence-corrected chi connectivity index (χ0v) is 16.5. The second-order valence-electron chi connectivity index (χ2n) is 5.05. The van der Waals surface area contributed by atoms with Crippen molar-refractivity contribution in [2.45, 2.75) is 0 Å². The molecule has 2 aromatic carbocycles. The van der Waals surface area contributed by atoms with Crippen LogP contribution >= 0.6 is 22.6 Å². The fraction of sp³-hybridized carbons (Fsp3) is 0.222. The molecule has 0 heterocycles. The summed E-state index contributed by atoms with van der Waals surface area (Å²) in [7, 11) is 2.90. The molecule has 0 unspecified atom stereocenters. The summed E-state index contributed by atoms with van der Waals surface area (Å²) >= 11 is 2.14. The minimum absolute atomic E-state index is 0.0683. The molecule has 138 valence electrons. The minimum Gasteiger partial charge on any atom is -0.493 e. The molecule has 8 heteroatoms. The average Bonchev–Trinajstić information content (AvgIpc) is 2.66. The number of halogens is 1. The molecule has 26 heavy (non-hydrogen) atoms. The van der Waals surface area contributed by atoms with Gasteiger partial charge in [0, 0.05) is 0 Å². The maximum Gasteiger partial charge on any atom is 0.337 e. The molecule has 2 N–H and O–H groups in total. The van der Waals surface area contributed by atoms with Crippen molar-refractivity contribution < 1.29 is 24.1 Å². The van der Waals surface area contributed by atoms with Gasteiger partial charge >= 0.3 is 5.97 Å². The van der Waals surface area contributed by atoms with Crippen molar-refractivity contribution >= 4 is 40.5 Å². The van der Waals surface area contributed by atoms with Gasteiger partial charge in [-0.15, -0.1) is 0 Å². The number of carbonyl (C=O) groups is 1. The summed E-state index contributed by atoms with van der Waals surface area (Å²) < 4.78 is 16.3. The molecule has 0 saturated heterocycles. The number of carbonyl (C=O) groups excluding carboxylic acids is 1. The Kier molecular flexibility index (Phi) is 7.67. The van der Waals surface area contributed by atoms with Gasteiger partial charge in [0.15, 0.2) is 11.5 Å². The Balaban J connectivity index is 2.08. The molecule has 0 aromatic heterocycles. The summed E-state index contributed by atoms with van der Waals surface area (Å²) in [5, 5.41) is 13.1. The van der Waals surface area contributed by atoms with Crippen molar-refractivity contribution in [3.05, 3.63) is 51.1 Å². The molecule has 0 saturated carbocycles. The van der Waals surface area contributed by atoms with E-state index in [2.05, 4.69) is 37.9 Å². The molecule has 2 rings (SSSR count). The number of aliphatic hydroxyl groups is 1. The van der Waals surface area contributed by atoms with Gasteiger partial charge in [-0.05, 0) is 64.6 Å². The molecule has 7 nitrogen and oxygen atoms in total. The second-order valence-corrected chi connectivity index (χ2v) is 6.21. The lowest BCUT2D eigenvalue weighted by molar-refractivity contribution is 0.0601. The molecule has 0 fully saturated rings. The summed E-state index contributed by atoms with van der Waals surface area (Å²) in [6.07, 6.45) is 1.65. The summed E-state index contributed by atoms with van der Waals surface area (Å²) in [4.78, 5) is 11.4. The highest BCUT2D eigenvalue weighted by molar-refractivity contribution is 14.1. The molecule has 0 aliphatic heterocycles. The Morgan fingerprint density at radius 1 is 1.27 bits per heavy atom. The topological polar surface area (TPSA) is 89.4 Å². The van der Waals surface area contributed by atoms with Gasteiger partial charge in [-0.3, -0.25) is 5.43 Å². The Morgan fingerprint density at radius 2 is 2.00 bits per heavy atom. The third-order valence-corrected chi connectivity index (χ3v) is 4.10. The highest BCUT2D eigenvalue weighted by atomic mass is 127. The molecule has 0 aliphatic carbocycles. The van der Waals surface area contributed by atoms with Gasteiger partial charge < -0.3 is 19.3 Å². The first-order chi connectivity index (χ1) is 12.6. The van der Waals surface area contributed by atoms with Crippen LogP contribution in [0.2, 0.25) is 0 Å². The smallest absolute Gasteiger partial charge is 0.337 e. The lowest BCUT2D eigenvalue weighted by Gasteiger charge is -2.12. The van der Waals surface area contributed by atoms with Crippen LogP contribution in [0.25, 0.3) is 0 Å². The predicted octanol–water partition coefficient (Wildman–Crippen LogP) is 2.90. The summed E-state index contributed by atoms with van der Waals surface area (Å²) in [5.74, 6) is 0.769. The van der Waals surface area contributed by atoms with E-state index in [9.17, 15) is 4.79 Å². The van der Waals surface area contributed by atoms with Crippen LogP contribution in [0.3, 0.4) is 0 Å². The number of hydrogen-bond acceptors (Lipinski definition) is 7. The number of aliphatic hydroxyl groups excluding tert-OH is 1. The molecule has 0 atom stereocenters. The fourth-order valence-corrected chi connectivity index (χ4v) is 2.86. The van der Waals surface area contributed by atoms with Crippen LogP contribution in [0.4, 0.5) is 5.69 Å². The number of rotatable bonds is 8. The zero-order chi connectivity index (χ0) is 18.9. The van der Waals surface area contributed by atoms with E-state index in [0.29, 0.717) is 17.1 Å². The van der Waals surface area contributed by atoms with Crippen LogP contribution in [0.5, 0.6) is 11.5 Å². The van der Waals surface area contributed by atoms with Crippen molar-refractivity contribution in [2.24, 2.45) is 5.10 Å². The minimum atomic E-state index is -0.384. The van der Waals surface area contributed by atoms with Crippen LogP contribution < -0.4 is 14.9 Å². The number of hydrogen-bond donors (Lipinski definition) is 2. The monoisotopic (exact) mass is 470 g/mol. The number of nitrogens with one attached hydrogen (secondary N) is 1. The maximum absolute atomic E-state index is 11.4. The molecular weight excluding hydrogens is 451 g/mol. The van der Waals surface area contributed by atoms with Gasteiger partial charge in [0.25, 0.3) is 0 Å². The van der Waals surface area contributed by atoms with Crippen LogP contribution in [-0.2, 0) is 4.74 Å². The SMILES string of the molecule is COC(=O)c1ccc(N/N=C/c2cc(I)c(OCCO)c(OC)c2)cc1. The third-order valence-electron chi connectivity index (χ3n) is 3.30. The highest BCUT2D eigenvalue weighted by Crippen LogP contribution is 2.33. The van der Waals surface area contributed by atoms with E-state index >= 15 is 0 Å². The average molecular weight is 470 g/mol. The van der Waals surface area contributed by atoms with E-state index in [1.54, 1.807) is 43.7 Å². The van der Waals surface area contributed by atoms with Gasteiger partial charge in [-0.1, -0.05) is 0 Å². The molecular formula is C18H19IN2O5. The Bertz CT molecular complexity index is 778. The fourth-order valence-electron chi connectivity index (χ4n) is 2.08. The summed E-state index contributed by atoms with van der Waals surface area (Å²) in [6, 6.07) is 10.5. The lowest BCUT2D eigenvalue weighted by Crippen LogP contribution is -2.05. The van der Waals surface area contributed by atoms with Gasteiger partial charge in [-0.25, -0.2) is 4.79 Å². The number of methoxy groups -OCH3 is 2. The Hall–Kier alpha value is -2.33. The van der Waals surface area contributed by atoms with Crippen molar-refractivity contribution in [1.29, 1.82) is 0 Å². The second kappa shape index (κ2) is 9.97. The highest BCUT2D eigenvalue weighted by Gasteiger charge is 2.11. The molecule has 0 aliphatic rings. The quantitative estimate of drug-likeness (QED) is 0.267. The summed E-state index contributed by atoms with van der Waals surface area (Å²) in [6.45, 7) is 0.129. The largest absolute Gasteiger partial charge is 0.493 e. The summed E-state index contributed by atoms with van der Waals surface area (Å²) in [5.41, 5.74) is 4.92. The lowest BCUT2D eigenvalue weighted by atomic mass is 10.2. The molecule has 0 radical (unpaired) electrons. The van der Waals surface area contributed by atoms with Crippen LogP contribution in [-0.4, -0.2) is 44.7 Å². The van der Waals surface area contributed by atoms with E-state index in [0.717, 1.165) is 14.8 Å². The van der Waals surface area contributed by atoms with Gasteiger partial charge in [-0.2, -0.15) is 5.10 Å². The number of anilines is 1. The van der Waals surface area contributed by atoms with E-state index < -0.39 is 0 Å². The zero-order valence-electron chi connectivity index (χ0n) is 14.4. The Labute approximate surface area is 165 Å². The first-order valence-corrected chi connectivity index (χ1v) is 8.75. The number of nitrogens with zero attached hydrogens (tertiary/aromatic N) is 1. The maximum atomic E-state index is 11.4. The Morgan fingerprint density at radius 3 is 2.62 bits per heavy atom. The third kappa shape index (κ3) is 5.33. The van der Waals surface area contributed by atoms with Crippen LogP contribution in [0.15, 0.2) is 41.5 Å². The predicted molar refractivity (Wildman–Crippen MR) is 107 cm³/mol. The van der Waals surface area contributed by atoms with Gasteiger partial charge in [0.05, 0.1) is 41.9 Å². The van der Waals surface area contributed by atoms with E-state index in [-0.39, 0.29) is 19.2 Å². The number of esters is 1. The first-order valence-electron chi connectivity index (χ1n) is 7.67. The van der Waals surface area contributed by atoms with Crippen LogP contribution in [0, 0.1) is 3.57 Å². The van der Waals surface area contributed by atoms with Crippen LogP contribution in [0.1, 0.15) is 15.9 Å². The van der Waals surface area contributed by atoms with E-state index in [1.807, 2.05) is 6.07 Å².